The largest absolute Gasteiger partial charge is 0.384 e. The van der Waals surface area contributed by atoms with E-state index in [4.69, 9.17) is 5.11 Å². The molecule has 0 aliphatic heterocycles. The number of rotatable bonds is 4. The van der Waals surface area contributed by atoms with Gasteiger partial charge in [0.15, 0.2) is 0 Å². The summed E-state index contributed by atoms with van der Waals surface area (Å²) in [6, 6.07) is 7.25. The van der Waals surface area contributed by atoms with Gasteiger partial charge in [0.2, 0.25) is 5.91 Å². The Kier molecular flexibility index (Phi) is 4.93. The SMILES string of the molecule is O=C(CCn1ccnc1)Nc1ccccc1C#CCO. The van der Waals surface area contributed by atoms with Gasteiger partial charge in [-0.1, -0.05) is 24.0 Å². The van der Waals surface area contributed by atoms with Gasteiger partial charge in [0.1, 0.15) is 6.61 Å². The predicted octanol–water partition coefficient (Wildman–Crippen LogP) is 1.26. The number of benzene rings is 1. The molecule has 1 aromatic heterocycles. The van der Waals surface area contributed by atoms with Crippen LogP contribution in [0.15, 0.2) is 43.0 Å². The summed E-state index contributed by atoms with van der Waals surface area (Å²) in [6.07, 6.45) is 5.53. The molecule has 2 N–H and O–H groups in total. The molecule has 0 spiro atoms. The van der Waals surface area contributed by atoms with Crippen LogP contribution in [0.3, 0.4) is 0 Å². The van der Waals surface area contributed by atoms with Gasteiger partial charge in [-0.2, -0.15) is 0 Å². The summed E-state index contributed by atoms with van der Waals surface area (Å²) in [5.74, 6) is 5.30. The molecule has 1 heterocycles. The average Bonchev–Trinajstić information content (AvgIpc) is 2.97. The fourth-order valence-electron chi connectivity index (χ4n) is 1.70. The molecule has 2 rings (SSSR count). The first kappa shape index (κ1) is 13.8. The Labute approximate surface area is 117 Å². The number of aliphatic hydroxyl groups excluding tert-OH is 1. The Balaban J connectivity index is 1.97. The summed E-state index contributed by atoms with van der Waals surface area (Å²) in [7, 11) is 0. The minimum absolute atomic E-state index is 0.0862. The molecule has 0 radical (unpaired) electrons. The second kappa shape index (κ2) is 7.12. The quantitative estimate of drug-likeness (QED) is 0.821. The van der Waals surface area contributed by atoms with Gasteiger partial charge in [-0.25, -0.2) is 4.98 Å². The number of aliphatic hydroxyl groups is 1. The maximum absolute atomic E-state index is 11.9. The average molecular weight is 269 g/mol. The number of nitrogens with one attached hydrogen (secondary N) is 1. The number of amides is 1. The number of hydrogen-bond donors (Lipinski definition) is 2. The van der Waals surface area contributed by atoms with E-state index in [9.17, 15) is 4.79 Å². The lowest BCUT2D eigenvalue weighted by Gasteiger charge is -2.07. The molecule has 5 nitrogen and oxygen atoms in total. The first-order chi connectivity index (χ1) is 9.79. The van der Waals surface area contributed by atoms with Gasteiger partial charge in [-0.15, -0.1) is 0 Å². The van der Waals surface area contributed by atoms with Gasteiger partial charge >= 0.3 is 0 Å². The standard InChI is InChI=1S/C15H15N3O2/c19-11-3-5-13-4-1-2-6-14(13)17-15(20)7-9-18-10-8-16-12-18/h1-2,4,6,8,10,12,19H,7,9,11H2,(H,17,20). The Morgan fingerprint density at radius 1 is 1.40 bits per heavy atom. The summed E-state index contributed by atoms with van der Waals surface area (Å²) >= 11 is 0. The van der Waals surface area contributed by atoms with Crippen LogP contribution in [-0.2, 0) is 11.3 Å². The van der Waals surface area contributed by atoms with E-state index in [1.165, 1.54) is 0 Å². The third kappa shape index (κ3) is 3.97. The van der Waals surface area contributed by atoms with Crippen LogP contribution in [0.5, 0.6) is 0 Å². The lowest BCUT2D eigenvalue weighted by atomic mass is 10.2. The number of aryl methyl sites for hydroxylation is 1. The molecule has 1 aromatic carbocycles. The van der Waals surface area contributed by atoms with Crippen LogP contribution in [0.25, 0.3) is 0 Å². The van der Waals surface area contributed by atoms with Crippen LogP contribution in [0.1, 0.15) is 12.0 Å². The van der Waals surface area contributed by atoms with Gasteiger partial charge in [0.05, 0.1) is 12.0 Å². The van der Waals surface area contributed by atoms with Crippen molar-refractivity contribution in [2.75, 3.05) is 11.9 Å². The van der Waals surface area contributed by atoms with E-state index in [-0.39, 0.29) is 12.5 Å². The molecule has 0 atom stereocenters. The van der Waals surface area contributed by atoms with Crippen molar-refractivity contribution < 1.29 is 9.90 Å². The van der Waals surface area contributed by atoms with Gasteiger partial charge < -0.3 is 15.0 Å². The van der Waals surface area contributed by atoms with Crippen molar-refractivity contribution in [2.45, 2.75) is 13.0 Å². The van der Waals surface area contributed by atoms with Crippen molar-refractivity contribution in [3.8, 4) is 11.8 Å². The monoisotopic (exact) mass is 269 g/mol. The third-order valence-corrected chi connectivity index (χ3v) is 2.66. The van der Waals surface area contributed by atoms with E-state index >= 15 is 0 Å². The summed E-state index contributed by atoms with van der Waals surface area (Å²) in [4.78, 5) is 15.8. The first-order valence-corrected chi connectivity index (χ1v) is 6.24. The lowest BCUT2D eigenvalue weighted by Crippen LogP contribution is -2.14. The lowest BCUT2D eigenvalue weighted by molar-refractivity contribution is -0.116. The van der Waals surface area contributed by atoms with Crippen LogP contribution < -0.4 is 5.32 Å². The van der Waals surface area contributed by atoms with Crippen LogP contribution >= 0.6 is 0 Å². The van der Waals surface area contributed by atoms with Crippen molar-refractivity contribution >= 4 is 11.6 Å². The summed E-state index contributed by atoms with van der Waals surface area (Å²) < 4.78 is 1.84. The van der Waals surface area contributed by atoms with Crippen molar-refractivity contribution in [3.05, 3.63) is 48.5 Å². The van der Waals surface area contributed by atoms with Crippen molar-refractivity contribution in [1.29, 1.82) is 0 Å². The van der Waals surface area contributed by atoms with Crippen LogP contribution in [-0.4, -0.2) is 27.2 Å². The molecule has 20 heavy (non-hydrogen) atoms. The third-order valence-electron chi connectivity index (χ3n) is 2.66. The molecule has 0 aliphatic rings. The van der Waals surface area contributed by atoms with Crippen molar-refractivity contribution in [1.82, 2.24) is 9.55 Å². The summed E-state index contributed by atoms with van der Waals surface area (Å²) in [5, 5.41) is 11.5. The Hall–Kier alpha value is -2.58. The number of imidazole rings is 1. The van der Waals surface area contributed by atoms with E-state index in [0.717, 1.165) is 0 Å². The molecule has 102 valence electrons. The molecule has 5 heteroatoms. The highest BCUT2D eigenvalue weighted by molar-refractivity contribution is 5.92. The molecule has 1 amide bonds. The van der Waals surface area contributed by atoms with Crippen LogP contribution in [0, 0.1) is 11.8 Å². The van der Waals surface area contributed by atoms with E-state index < -0.39 is 0 Å². The number of anilines is 1. The van der Waals surface area contributed by atoms with Gasteiger partial charge in [0, 0.05) is 30.9 Å². The number of carbonyl (C=O) groups is 1. The maximum atomic E-state index is 11.9. The zero-order valence-electron chi connectivity index (χ0n) is 10.9. The molecular weight excluding hydrogens is 254 g/mol. The molecule has 0 saturated heterocycles. The Bertz CT molecular complexity index is 624. The van der Waals surface area contributed by atoms with Gasteiger partial charge in [0.25, 0.3) is 0 Å². The van der Waals surface area contributed by atoms with Crippen LogP contribution in [0.4, 0.5) is 5.69 Å². The second-order valence-electron chi connectivity index (χ2n) is 4.10. The van der Waals surface area contributed by atoms with Crippen molar-refractivity contribution in [2.24, 2.45) is 0 Å². The van der Waals surface area contributed by atoms with Gasteiger partial charge in [-0.05, 0) is 12.1 Å². The fourth-order valence-corrected chi connectivity index (χ4v) is 1.70. The molecule has 2 aromatic rings. The number of carbonyl (C=O) groups excluding carboxylic acids is 1. The minimum Gasteiger partial charge on any atom is -0.384 e. The van der Waals surface area contributed by atoms with E-state index in [1.54, 1.807) is 24.7 Å². The Morgan fingerprint density at radius 3 is 3.00 bits per heavy atom. The first-order valence-electron chi connectivity index (χ1n) is 6.24. The highest BCUT2D eigenvalue weighted by Gasteiger charge is 2.05. The molecule has 0 fully saturated rings. The topological polar surface area (TPSA) is 67.2 Å². The normalized spacial score (nSPS) is 9.65. The van der Waals surface area contributed by atoms with Crippen LogP contribution in [0.2, 0.25) is 0 Å². The maximum Gasteiger partial charge on any atom is 0.226 e. The zero-order valence-corrected chi connectivity index (χ0v) is 10.9. The second-order valence-corrected chi connectivity index (χ2v) is 4.10. The minimum atomic E-state index is -0.205. The van der Waals surface area contributed by atoms with E-state index in [2.05, 4.69) is 22.1 Å². The molecule has 0 aliphatic carbocycles. The molecule has 0 saturated carbocycles. The Morgan fingerprint density at radius 2 is 2.25 bits per heavy atom. The number of aromatic nitrogens is 2. The summed E-state index contributed by atoms with van der Waals surface area (Å²) in [6.45, 7) is 0.374. The van der Waals surface area contributed by atoms with Gasteiger partial charge in [-0.3, -0.25) is 4.79 Å². The highest BCUT2D eigenvalue weighted by Crippen LogP contribution is 2.14. The molecule has 0 unspecified atom stereocenters. The molecule has 0 bridgehead atoms. The number of hydrogen-bond acceptors (Lipinski definition) is 3. The highest BCUT2D eigenvalue weighted by atomic mass is 16.2. The number of para-hydroxylation sites is 1. The van der Waals surface area contributed by atoms with E-state index in [1.807, 2.05) is 22.9 Å². The summed E-state index contributed by atoms with van der Waals surface area (Å²) in [5.41, 5.74) is 1.35. The predicted molar refractivity (Wildman–Crippen MR) is 75.9 cm³/mol. The fraction of sp³-hybridized carbons (Fsp3) is 0.200. The van der Waals surface area contributed by atoms with E-state index in [0.29, 0.717) is 24.2 Å². The molecular formula is C15H15N3O2. The number of nitrogens with zero attached hydrogens (tertiary/aromatic N) is 2. The van der Waals surface area contributed by atoms with Crippen molar-refractivity contribution in [3.63, 3.8) is 0 Å². The smallest absolute Gasteiger partial charge is 0.226 e. The zero-order chi connectivity index (χ0) is 14.2.